The zero-order valence-electron chi connectivity index (χ0n) is 31.8. The van der Waals surface area contributed by atoms with E-state index in [1.54, 1.807) is 0 Å². The van der Waals surface area contributed by atoms with E-state index >= 15 is 0 Å². The third-order valence-corrected chi connectivity index (χ3v) is 12.0. The predicted octanol–water partition coefficient (Wildman–Crippen LogP) is 12.0. The molecule has 0 amide bonds. The first kappa shape index (κ1) is 34.3. The lowest BCUT2D eigenvalue weighted by Crippen LogP contribution is -2.43. The van der Waals surface area contributed by atoms with E-state index in [-0.39, 0.29) is 10.8 Å². The molecule has 0 unspecified atom stereocenters. The molecule has 1 aliphatic carbocycles. The van der Waals surface area contributed by atoms with E-state index in [4.69, 9.17) is 15.7 Å². The molecule has 4 nitrogen and oxygen atoms in total. The Morgan fingerprint density at radius 2 is 1.24 bits per heavy atom. The summed E-state index contributed by atoms with van der Waals surface area (Å²) < 4.78 is 2.44. The molecule has 2 N–H and O–H groups in total. The standard InChI is InChI=1S/C51H44N4/c1-50(2)44-27-13-11-25-40(44)42-29-30-43-41-26-12-14-28-45(41)55(47(43)46(42)51(50,3)4)39-24-16-23-38(32-39)48(52)54-49(36-20-9-6-10-21-36)53-33-34-17-15-22-37(31-34)35-18-7-5-8-19-35/h5-32H,33H2,1-4H3,(H2,52,53,54). The highest BCUT2D eigenvalue weighted by atomic mass is 15.0. The first-order valence-corrected chi connectivity index (χ1v) is 19.1. The maximum absolute atomic E-state index is 6.95. The van der Waals surface area contributed by atoms with Gasteiger partial charge in [-0.3, -0.25) is 4.99 Å². The highest BCUT2D eigenvalue weighted by Crippen LogP contribution is 2.56. The van der Waals surface area contributed by atoms with Gasteiger partial charge in [-0.15, -0.1) is 0 Å². The predicted molar refractivity (Wildman–Crippen MR) is 232 cm³/mol. The van der Waals surface area contributed by atoms with Crippen molar-refractivity contribution >= 4 is 33.5 Å². The van der Waals surface area contributed by atoms with Crippen LogP contribution in [0, 0.1) is 0 Å². The minimum absolute atomic E-state index is 0.110. The van der Waals surface area contributed by atoms with Crippen molar-refractivity contribution in [2.75, 3.05) is 0 Å². The summed E-state index contributed by atoms with van der Waals surface area (Å²) in [5, 5.41) is 2.48. The number of hydrogen-bond donors (Lipinski definition) is 1. The Bertz CT molecular complexity index is 2780. The molecule has 0 spiro atoms. The van der Waals surface area contributed by atoms with E-state index in [1.165, 1.54) is 44.1 Å². The Hall–Kier alpha value is -6.52. The van der Waals surface area contributed by atoms with Gasteiger partial charge in [-0.1, -0.05) is 173 Å². The molecule has 9 rings (SSSR count). The summed E-state index contributed by atoms with van der Waals surface area (Å²) in [6.07, 6.45) is 0. The third-order valence-electron chi connectivity index (χ3n) is 12.0. The van der Waals surface area contributed by atoms with Gasteiger partial charge in [0.15, 0.2) is 5.84 Å². The van der Waals surface area contributed by atoms with Gasteiger partial charge in [0, 0.05) is 33.0 Å². The van der Waals surface area contributed by atoms with E-state index < -0.39 is 0 Å². The van der Waals surface area contributed by atoms with Crippen LogP contribution in [0.2, 0.25) is 0 Å². The molecular weight excluding hydrogens is 669 g/mol. The number of rotatable bonds is 6. The maximum atomic E-state index is 6.95. The van der Waals surface area contributed by atoms with Crippen molar-refractivity contribution in [1.29, 1.82) is 0 Å². The van der Waals surface area contributed by atoms with Crippen molar-refractivity contribution < 1.29 is 0 Å². The first-order valence-electron chi connectivity index (χ1n) is 19.1. The summed E-state index contributed by atoms with van der Waals surface area (Å²) in [4.78, 5) is 10.1. The number of amidine groups is 2. The largest absolute Gasteiger partial charge is 0.383 e. The Labute approximate surface area is 323 Å². The molecule has 0 aliphatic heterocycles. The summed E-state index contributed by atoms with van der Waals surface area (Å²) in [6, 6.07) is 59.9. The molecule has 0 atom stereocenters. The Kier molecular flexibility index (Phi) is 8.35. The number of aromatic nitrogens is 1. The second kappa shape index (κ2) is 13.4. The van der Waals surface area contributed by atoms with Gasteiger partial charge >= 0.3 is 0 Å². The van der Waals surface area contributed by atoms with Gasteiger partial charge < -0.3 is 10.3 Å². The summed E-state index contributed by atoms with van der Waals surface area (Å²) in [5.74, 6) is 1.02. The fourth-order valence-corrected chi connectivity index (χ4v) is 8.50. The van der Waals surface area contributed by atoms with Crippen molar-refractivity contribution in [3.05, 3.63) is 198 Å². The van der Waals surface area contributed by atoms with Crippen LogP contribution < -0.4 is 5.73 Å². The summed E-state index contributed by atoms with van der Waals surface area (Å²) in [7, 11) is 0. The first-order chi connectivity index (χ1) is 26.7. The van der Waals surface area contributed by atoms with Crippen molar-refractivity contribution in [1.82, 2.24) is 4.57 Å². The summed E-state index contributed by atoms with van der Waals surface area (Å²) in [5.41, 5.74) is 20.7. The van der Waals surface area contributed by atoms with Crippen molar-refractivity contribution in [3.8, 4) is 27.9 Å². The van der Waals surface area contributed by atoms with Gasteiger partial charge in [-0.25, -0.2) is 4.99 Å². The summed E-state index contributed by atoms with van der Waals surface area (Å²) in [6.45, 7) is 10.1. The van der Waals surface area contributed by atoms with Gasteiger partial charge in [0.25, 0.3) is 0 Å². The van der Waals surface area contributed by atoms with E-state index in [0.29, 0.717) is 18.2 Å². The van der Waals surface area contributed by atoms with Crippen molar-refractivity contribution in [3.63, 3.8) is 0 Å². The fourth-order valence-electron chi connectivity index (χ4n) is 8.50. The summed E-state index contributed by atoms with van der Waals surface area (Å²) >= 11 is 0. The third kappa shape index (κ3) is 5.77. The van der Waals surface area contributed by atoms with Crippen LogP contribution in [-0.2, 0) is 17.4 Å². The second-order valence-corrected chi connectivity index (χ2v) is 15.7. The number of aliphatic imine (C=N–C) groups is 2. The zero-order chi connectivity index (χ0) is 37.7. The molecule has 268 valence electrons. The number of hydrogen-bond acceptors (Lipinski definition) is 1. The van der Waals surface area contributed by atoms with Gasteiger partial charge in [0.1, 0.15) is 5.84 Å². The van der Waals surface area contributed by atoms with Gasteiger partial charge in [0.05, 0.1) is 17.6 Å². The lowest BCUT2D eigenvalue weighted by atomic mass is 9.55. The average molecular weight is 713 g/mol. The smallest absolute Gasteiger partial charge is 0.157 e. The lowest BCUT2D eigenvalue weighted by Gasteiger charge is -2.48. The van der Waals surface area contributed by atoms with Gasteiger partial charge in [-0.05, 0) is 68.6 Å². The van der Waals surface area contributed by atoms with Crippen LogP contribution in [0.3, 0.4) is 0 Å². The lowest BCUT2D eigenvalue weighted by molar-refractivity contribution is 0.301. The molecule has 1 aliphatic rings. The van der Waals surface area contributed by atoms with Crippen LogP contribution in [0.4, 0.5) is 0 Å². The molecule has 0 fully saturated rings. The normalized spacial score (nSPS) is 14.8. The Morgan fingerprint density at radius 1 is 0.564 bits per heavy atom. The molecule has 1 heterocycles. The highest BCUT2D eigenvalue weighted by Gasteiger charge is 2.47. The van der Waals surface area contributed by atoms with E-state index in [9.17, 15) is 0 Å². The monoisotopic (exact) mass is 712 g/mol. The number of fused-ring (bicyclic) bond motifs is 7. The maximum Gasteiger partial charge on any atom is 0.157 e. The van der Waals surface area contributed by atoms with Crippen LogP contribution in [0.1, 0.15) is 55.5 Å². The molecule has 4 heteroatoms. The second-order valence-electron chi connectivity index (χ2n) is 15.7. The quantitative estimate of drug-likeness (QED) is 0.135. The van der Waals surface area contributed by atoms with E-state index in [1.807, 2.05) is 42.5 Å². The SMILES string of the molecule is CC1(C)c2ccccc2-c2ccc3c4ccccc4n(-c4cccc(C(N)=NC(=NCc5cccc(-c6ccccc6)c5)c5ccccc5)c4)c3c2C1(C)C. The van der Waals surface area contributed by atoms with Crippen LogP contribution in [0.25, 0.3) is 49.7 Å². The molecule has 7 aromatic carbocycles. The Morgan fingerprint density at radius 3 is 2.05 bits per heavy atom. The van der Waals surface area contributed by atoms with E-state index in [0.717, 1.165) is 33.5 Å². The topological polar surface area (TPSA) is 55.7 Å². The molecule has 0 saturated heterocycles. The number of nitrogens with zero attached hydrogens (tertiary/aromatic N) is 3. The molecular formula is C51H44N4. The van der Waals surface area contributed by atoms with Crippen molar-refractivity contribution in [2.45, 2.75) is 45.1 Å². The molecule has 8 aromatic rings. The molecule has 0 bridgehead atoms. The van der Waals surface area contributed by atoms with Crippen molar-refractivity contribution in [2.24, 2.45) is 15.7 Å². The average Bonchev–Trinajstić information content (AvgIpc) is 3.56. The number of benzene rings is 7. The molecule has 55 heavy (non-hydrogen) atoms. The van der Waals surface area contributed by atoms with Crippen LogP contribution in [0.15, 0.2) is 180 Å². The highest BCUT2D eigenvalue weighted by molar-refractivity contribution is 6.13. The Balaban J connectivity index is 1.17. The number of nitrogens with two attached hydrogens (primary N) is 1. The molecule has 0 saturated carbocycles. The van der Waals surface area contributed by atoms with Crippen LogP contribution in [-0.4, -0.2) is 16.2 Å². The minimum Gasteiger partial charge on any atom is -0.383 e. The van der Waals surface area contributed by atoms with E-state index in [2.05, 4.69) is 160 Å². The van der Waals surface area contributed by atoms with Crippen LogP contribution in [0.5, 0.6) is 0 Å². The van der Waals surface area contributed by atoms with Crippen LogP contribution >= 0.6 is 0 Å². The fraction of sp³-hybridized carbons (Fsp3) is 0.137. The number of para-hydroxylation sites is 1. The van der Waals surface area contributed by atoms with Gasteiger partial charge in [0.2, 0.25) is 0 Å². The molecule has 0 radical (unpaired) electrons. The molecule has 1 aromatic heterocycles. The van der Waals surface area contributed by atoms with Gasteiger partial charge in [-0.2, -0.15) is 0 Å². The minimum atomic E-state index is -0.178. The zero-order valence-corrected chi connectivity index (χ0v) is 31.8.